The molecule has 0 unspecified atom stereocenters. The number of amides is 3. The molecule has 3 amide bonds. The highest BCUT2D eigenvalue weighted by Crippen LogP contribution is 2.06. The lowest BCUT2D eigenvalue weighted by molar-refractivity contribution is -0.147. The summed E-state index contributed by atoms with van der Waals surface area (Å²) in [5, 5.41) is 7.71. The normalized spacial score (nSPS) is 12.2. The molecule has 0 bridgehead atoms. The van der Waals surface area contributed by atoms with Crippen molar-refractivity contribution < 1.29 is 33.4 Å². The highest BCUT2D eigenvalue weighted by Gasteiger charge is 2.25. The molecule has 0 aliphatic heterocycles. The van der Waals surface area contributed by atoms with E-state index in [-0.39, 0.29) is 50.7 Å². The van der Waals surface area contributed by atoms with E-state index < -0.39 is 35.8 Å². The van der Waals surface area contributed by atoms with E-state index >= 15 is 0 Å². The molecule has 12 heteroatoms. The number of hydrogen-bond donors (Lipinski definition) is 4. The number of hydrogen-bond acceptors (Lipinski definition) is 9. The molecule has 0 aliphatic carbocycles. The summed E-state index contributed by atoms with van der Waals surface area (Å²) in [7, 11) is 0. The first kappa shape index (κ1) is 31.7. The van der Waals surface area contributed by atoms with Crippen LogP contribution < -0.4 is 21.7 Å². The largest absolute Gasteiger partial charge is 0.465 e. The lowest BCUT2D eigenvalue weighted by Crippen LogP contribution is -2.50. The molecule has 2 atom stereocenters. The van der Waals surface area contributed by atoms with Gasteiger partial charge in [0.2, 0.25) is 17.7 Å². The van der Waals surface area contributed by atoms with Crippen molar-refractivity contribution in [2.24, 2.45) is 5.73 Å². The monoisotopic (exact) mass is 504 g/mol. The van der Waals surface area contributed by atoms with Crippen LogP contribution in [0.1, 0.15) is 59.3 Å². The minimum Gasteiger partial charge on any atom is -0.465 e. The third kappa shape index (κ3) is 15.5. The second kappa shape index (κ2) is 20.1. The van der Waals surface area contributed by atoms with Gasteiger partial charge in [-0.2, -0.15) is 11.8 Å². The number of unbranched alkanes of at least 4 members (excludes halogenated alkanes) is 2. The molecular formula is C22H40N4O7S. The van der Waals surface area contributed by atoms with E-state index in [4.69, 9.17) is 15.2 Å². The molecule has 196 valence electrons. The van der Waals surface area contributed by atoms with Gasteiger partial charge in [0.1, 0.15) is 18.6 Å². The van der Waals surface area contributed by atoms with Crippen molar-refractivity contribution in [3.05, 3.63) is 0 Å². The quantitative estimate of drug-likeness (QED) is 0.142. The van der Waals surface area contributed by atoms with Crippen LogP contribution in [0.5, 0.6) is 0 Å². The fourth-order valence-electron chi connectivity index (χ4n) is 2.80. The van der Waals surface area contributed by atoms with Crippen molar-refractivity contribution in [3.8, 4) is 0 Å². The summed E-state index contributed by atoms with van der Waals surface area (Å²) in [6, 6.07) is -1.86. The average Bonchev–Trinajstić information content (AvgIpc) is 2.80. The molecular weight excluding hydrogens is 464 g/mol. The minimum absolute atomic E-state index is 0.0251. The van der Waals surface area contributed by atoms with Crippen LogP contribution >= 0.6 is 11.8 Å². The zero-order valence-corrected chi connectivity index (χ0v) is 21.3. The van der Waals surface area contributed by atoms with Gasteiger partial charge in [-0.1, -0.05) is 19.8 Å². The van der Waals surface area contributed by atoms with E-state index in [1.54, 1.807) is 13.8 Å². The van der Waals surface area contributed by atoms with Gasteiger partial charge in [-0.25, -0.2) is 4.79 Å². The predicted octanol–water partition coefficient (Wildman–Crippen LogP) is 0.251. The van der Waals surface area contributed by atoms with Crippen LogP contribution in [0, 0.1) is 0 Å². The van der Waals surface area contributed by atoms with Crippen molar-refractivity contribution in [2.45, 2.75) is 71.4 Å². The number of thioether (sulfide) groups is 1. The standard InChI is InChI=1S/C22H40N4O7S/c1-4-7-8-9-18(27)25-16(22(31)33-6-3)10-11-19(28)26-17(15-34-13-12-23)21(30)24-14-20(29)32-5-2/h16-17H,4-15,23H2,1-3H3,(H,24,30)(H,25,27)(H,26,28)/t16-,17-/m0/s1. The van der Waals surface area contributed by atoms with E-state index in [1.807, 2.05) is 6.92 Å². The van der Waals surface area contributed by atoms with Gasteiger partial charge in [0.25, 0.3) is 0 Å². The Bertz CT molecular complexity index is 649. The topological polar surface area (TPSA) is 166 Å². The lowest BCUT2D eigenvalue weighted by Gasteiger charge is -2.20. The van der Waals surface area contributed by atoms with Crippen molar-refractivity contribution in [3.63, 3.8) is 0 Å². The Labute approximate surface area is 206 Å². The molecule has 0 aliphatic rings. The van der Waals surface area contributed by atoms with Crippen LogP contribution in [0.4, 0.5) is 0 Å². The van der Waals surface area contributed by atoms with E-state index in [2.05, 4.69) is 16.0 Å². The molecule has 0 fully saturated rings. The smallest absolute Gasteiger partial charge is 0.328 e. The van der Waals surface area contributed by atoms with E-state index in [0.29, 0.717) is 18.7 Å². The number of carbonyl (C=O) groups is 5. The first-order chi connectivity index (χ1) is 16.3. The summed E-state index contributed by atoms with van der Waals surface area (Å²) in [6.45, 7) is 5.78. The van der Waals surface area contributed by atoms with Gasteiger partial charge in [0, 0.05) is 30.9 Å². The van der Waals surface area contributed by atoms with Crippen LogP contribution in [-0.2, 0) is 33.4 Å². The van der Waals surface area contributed by atoms with Crippen LogP contribution in [-0.4, -0.2) is 79.6 Å². The minimum atomic E-state index is -0.956. The van der Waals surface area contributed by atoms with E-state index in [1.165, 1.54) is 11.8 Å². The SMILES string of the molecule is CCCCCC(=O)N[C@@H](CCC(=O)N[C@@H](CSCCN)C(=O)NCC(=O)OCC)C(=O)OCC. The second-order valence-electron chi connectivity index (χ2n) is 7.37. The number of nitrogens with one attached hydrogen (secondary N) is 3. The molecule has 0 rings (SSSR count). The summed E-state index contributed by atoms with van der Waals surface area (Å²) < 4.78 is 9.79. The first-order valence-corrected chi connectivity index (χ1v) is 12.9. The Morgan fingerprint density at radius 1 is 0.882 bits per heavy atom. The fourth-order valence-corrected chi connectivity index (χ4v) is 3.60. The maximum atomic E-state index is 12.5. The third-order valence-electron chi connectivity index (χ3n) is 4.48. The number of carbonyl (C=O) groups excluding carboxylic acids is 5. The number of nitrogens with two attached hydrogens (primary N) is 1. The van der Waals surface area contributed by atoms with E-state index in [9.17, 15) is 24.0 Å². The lowest BCUT2D eigenvalue weighted by atomic mass is 10.1. The van der Waals surface area contributed by atoms with Gasteiger partial charge in [0.05, 0.1) is 13.2 Å². The average molecular weight is 505 g/mol. The predicted molar refractivity (Wildman–Crippen MR) is 130 cm³/mol. The van der Waals surface area contributed by atoms with Gasteiger partial charge in [-0.05, 0) is 26.7 Å². The molecule has 34 heavy (non-hydrogen) atoms. The summed E-state index contributed by atoms with van der Waals surface area (Å²) in [5.74, 6) is -1.62. The molecule has 0 spiro atoms. The van der Waals surface area contributed by atoms with Crippen molar-refractivity contribution >= 4 is 41.4 Å². The first-order valence-electron chi connectivity index (χ1n) is 11.7. The van der Waals surface area contributed by atoms with Gasteiger partial charge in [-0.15, -0.1) is 0 Å². The Hall–Kier alpha value is -2.34. The van der Waals surface area contributed by atoms with Gasteiger partial charge in [-0.3, -0.25) is 19.2 Å². The second-order valence-corrected chi connectivity index (χ2v) is 8.52. The summed E-state index contributed by atoms with van der Waals surface area (Å²) in [4.78, 5) is 60.9. The number of esters is 2. The summed E-state index contributed by atoms with van der Waals surface area (Å²) >= 11 is 1.38. The third-order valence-corrected chi connectivity index (χ3v) is 5.58. The molecule has 0 saturated carbocycles. The Morgan fingerprint density at radius 2 is 1.53 bits per heavy atom. The Kier molecular flexibility index (Phi) is 18.7. The molecule has 11 nitrogen and oxygen atoms in total. The van der Waals surface area contributed by atoms with Gasteiger partial charge < -0.3 is 31.2 Å². The maximum absolute atomic E-state index is 12.5. The van der Waals surface area contributed by atoms with Gasteiger partial charge in [0.15, 0.2) is 0 Å². The molecule has 0 aromatic carbocycles. The highest BCUT2D eigenvalue weighted by atomic mass is 32.2. The molecule has 0 heterocycles. The van der Waals surface area contributed by atoms with Crippen molar-refractivity contribution in [1.82, 2.24) is 16.0 Å². The molecule has 0 aromatic rings. The molecule has 0 aromatic heterocycles. The Morgan fingerprint density at radius 3 is 2.15 bits per heavy atom. The van der Waals surface area contributed by atoms with Crippen molar-refractivity contribution in [1.29, 1.82) is 0 Å². The van der Waals surface area contributed by atoms with E-state index in [0.717, 1.165) is 12.8 Å². The summed E-state index contributed by atoms with van der Waals surface area (Å²) in [5.41, 5.74) is 5.49. The van der Waals surface area contributed by atoms with Crippen LogP contribution in [0.15, 0.2) is 0 Å². The van der Waals surface area contributed by atoms with Crippen molar-refractivity contribution in [2.75, 3.05) is 37.8 Å². The zero-order chi connectivity index (χ0) is 25.8. The van der Waals surface area contributed by atoms with Crippen LogP contribution in [0.25, 0.3) is 0 Å². The molecule has 0 radical (unpaired) electrons. The van der Waals surface area contributed by atoms with Crippen LogP contribution in [0.2, 0.25) is 0 Å². The zero-order valence-electron chi connectivity index (χ0n) is 20.5. The van der Waals surface area contributed by atoms with Crippen LogP contribution in [0.3, 0.4) is 0 Å². The Balaban J connectivity index is 4.93. The number of rotatable bonds is 19. The fraction of sp³-hybridized carbons (Fsp3) is 0.773. The summed E-state index contributed by atoms with van der Waals surface area (Å²) in [6.07, 6.45) is 2.78. The molecule has 5 N–H and O–H groups in total. The highest BCUT2D eigenvalue weighted by molar-refractivity contribution is 7.99. The maximum Gasteiger partial charge on any atom is 0.328 e. The molecule has 0 saturated heterocycles. The number of ether oxygens (including phenoxy) is 2. The van der Waals surface area contributed by atoms with Gasteiger partial charge >= 0.3 is 11.9 Å².